The van der Waals surface area contributed by atoms with Crippen LogP contribution in [0.25, 0.3) is 0 Å². The summed E-state index contributed by atoms with van der Waals surface area (Å²) in [5.74, 6) is -0.887. The molecule has 0 fully saturated rings. The summed E-state index contributed by atoms with van der Waals surface area (Å²) < 4.78 is 0. The predicted octanol–water partition coefficient (Wildman–Crippen LogP) is 1.54. The molecule has 0 bridgehead atoms. The highest BCUT2D eigenvalue weighted by molar-refractivity contribution is 5.85. The third kappa shape index (κ3) is 3.93. The van der Waals surface area contributed by atoms with E-state index >= 15 is 0 Å². The van der Waals surface area contributed by atoms with Crippen molar-refractivity contribution in [2.24, 2.45) is 5.92 Å². The Balaban J connectivity index is 0. The first-order valence-corrected chi connectivity index (χ1v) is 2.41. The van der Waals surface area contributed by atoms with E-state index in [-0.39, 0.29) is 18.3 Å². The molecular formula is C5H11ClO2. The van der Waals surface area contributed by atoms with Crippen molar-refractivity contribution in [2.45, 2.75) is 20.3 Å². The molecule has 8 heavy (non-hydrogen) atoms. The maximum atomic E-state index is 9.93. The molecule has 0 aromatic carbocycles. The molecule has 0 radical (unpaired) electrons. The Bertz CT molecular complexity index is 72.8. The van der Waals surface area contributed by atoms with Crippen molar-refractivity contribution in [2.75, 3.05) is 0 Å². The number of halogens is 1. The molecule has 1 N–H and O–H groups in total. The molecule has 1 atom stereocenters. The molecule has 0 aliphatic carbocycles. The fraction of sp³-hybridized carbons (Fsp3) is 0.800. The van der Waals surface area contributed by atoms with Gasteiger partial charge in [0.05, 0.1) is 5.92 Å². The number of carbonyl (C=O) groups is 1. The Labute approximate surface area is 55.3 Å². The van der Waals surface area contributed by atoms with Gasteiger partial charge in [0.1, 0.15) is 0 Å². The molecule has 0 saturated heterocycles. The first kappa shape index (κ1) is 10.7. The van der Waals surface area contributed by atoms with Gasteiger partial charge in [0.25, 0.3) is 0 Å². The molecule has 0 rings (SSSR count). The van der Waals surface area contributed by atoms with Gasteiger partial charge in [0.15, 0.2) is 0 Å². The molecular weight excluding hydrogens is 128 g/mol. The average Bonchev–Trinajstić information content (AvgIpc) is 1.65. The third-order valence-electron chi connectivity index (χ3n) is 1.03. The minimum Gasteiger partial charge on any atom is -0.481 e. The summed E-state index contributed by atoms with van der Waals surface area (Å²) in [5, 5.41) is 8.18. The molecule has 0 spiro atoms. The summed E-state index contributed by atoms with van der Waals surface area (Å²) in [6, 6.07) is 0. The van der Waals surface area contributed by atoms with Gasteiger partial charge in [0, 0.05) is 0 Å². The van der Waals surface area contributed by atoms with Crippen molar-refractivity contribution >= 4 is 18.4 Å². The number of carboxylic acids is 1. The smallest absolute Gasteiger partial charge is 0.306 e. The molecule has 50 valence electrons. The van der Waals surface area contributed by atoms with E-state index in [1.54, 1.807) is 6.92 Å². The van der Waals surface area contributed by atoms with Crippen LogP contribution in [-0.4, -0.2) is 11.1 Å². The van der Waals surface area contributed by atoms with Gasteiger partial charge in [-0.15, -0.1) is 12.4 Å². The molecule has 0 amide bonds. The molecule has 0 aromatic rings. The number of rotatable bonds is 2. The first-order valence-electron chi connectivity index (χ1n) is 2.41. The van der Waals surface area contributed by atoms with Crippen LogP contribution in [0.15, 0.2) is 0 Å². The summed E-state index contributed by atoms with van der Waals surface area (Å²) in [5.41, 5.74) is 0. The molecule has 0 heterocycles. The van der Waals surface area contributed by atoms with Gasteiger partial charge in [-0.25, -0.2) is 0 Å². The first-order chi connectivity index (χ1) is 3.18. The summed E-state index contributed by atoms with van der Waals surface area (Å²) >= 11 is 0. The molecule has 2 nitrogen and oxygen atoms in total. The third-order valence-corrected chi connectivity index (χ3v) is 1.03. The lowest BCUT2D eigenvalue weighted by Crippen LogP contribution is -2.06. The predicted molar refractivity (Wildman–Crippen MR) is 34.3 cm³/mol. The van der Waals surface area contributed by atoms with Crippen molar-refractivity contribution in [1.82, 2.24) is 0 Å². The topological polar surface area (TPSA) is 37.3 Å². The summed E-state index contributed by atoms with van der Waals surface area (Å²) in [6.07, 6.45) is 0.718. The largest absolute Gasteiger partial charge is 0.481 e. The van der Waals surface area contributed by atoms with Crippen LogP contribution in [0.3, 0.4) is 0 Å². The van der Waals surface area contributed by atoms with Crippen LogP contribution in [0.4, 0.5) is 0 Å². The Hall–Kier alpha value is -0.240. The second kappa shape index (κ2) is 4.91. The summed E-state index contributed by atoms with van der Waals surface area (Å²) in [4.78, 5) is 9.93. The fourth-order valence-electron chi connectivity index (χ4n) is 0.175. The Morgan fingerprint density at radius 2 is 2.12 bits per heavy atom. The van der Waals surface area contributed by atoms with Crippen molar-refractivity contribution in [3.05, 3.63) is 0 Å². The quantitative estimate of drug-likeness (QED) is 0.629. The van der Waals surface area contributed by atoms with Crippen LogP contribution < -0.4 is 0 Å². The summed E-state index contributed by atoms with van der Waals surface area (Å²) in [7, 11) is 0. The van der Waals surface area contributed by atoms with E-state index in [9.17, 15) is 4.79 Å². The van der Waals surface area contributed by atoms with E-state index in [2.05, 4.69) is 0 Å². The second-order valence-corrected chi connectivity index (χ2v) is 1.65. The van der Waals surface area contributed by atoms with Crippen molar-refractivity contribution in [3.8, 4) is 0 Å². The molecule has 0 aliphatic rings. The Morgan fingerprint density at radius 1 is 1.75 bits per heavy atom. The van der Waals surface area contributed by atoms with Gasteiger partial charge in [-0.05, 0) is 6.42 Å². The van der Waals surface area contributed by atoms with Gasteiger partial charge >= 0.3 is 5.97 Å². The normalized spacial score (nSPS) is 11.8. The highest BCUT2D eigenvalue weighted by Gasteiger charge is 2.05. The van der Waals surface area contributed by atoms with Crippen LogP contribution in [0.1, 0.15) is 20.3 Å². The van der Waals surface area contributed by atoms with Crippen LogP contribution in [-0.2, 0) is 4.79 Å². The van der Waals surface area contributed by atoms with Crippen LogP contribution >= 0.6 is 12.4 Å². The van der Waals surface area contributed by atoms with Crippen LogP contribution in [0.2, 0.25) is 0 Å². The number of hydrogen-bond donors (Lipinski definition) is 1. The number of carboxylic acid groups (broad SMARTS) is 1. The van der Waals surface area contributed by atoms with E-state index in [1.807, 2.05) is 6.92 Å². The van der Waals surface area contributed by atoms with Crippen molar-refractivity contribution in [3.63, 3.8) is 0 Å². The minimum atomic E-state index is -0.706. The second-order valence-electron chi connectivity index (χ2n) is 1.65. The van der Waals surface area contributed by atoms with E-state index in [0.29, 0.717) is 0 Å². The summed E-state index contributed by atoms with van der Waals surface area (Å²) in [6.45, 7) is 3.56. The molecule has 0 aliphatic heterocycles. The Kier molecular flexibility index (Phi) is 6.56. The standard InChI is InChI=1S/C5H10O2.ClH/c1-3-4(2)5(6)7;/h4H,3H2,1-2H3,(H,6,7);1H/t4-;/m0./s1. The lowest BCUT2D eigenvalue weighted by atomic mass is 10.1. The zero-order chi connectivity index (χ0) is 5.86. The number of hydrogen-bond acceptors (Lipinski definition) is 1. The molecule has 0 saturated carbocycles. The van der Waals surface area contributed by atoms with Gasteiger partial charge in [0.2, 0.25) is 0 Å². The monoisotopic (exact) mass is 138 g/mol. The highest BCUT2D eigenvalue weighted by atomic mass is 35.5. The van der Waals surface area contributed by atoms with E-state index < -0.39 is 5.97 Å². The van der Waals surface area contributed by atoms with E-state index in [0.717, 1.165) is 6.42 Å². The maximum absolute atomic E-state index is 9.93. The van der Waals surface area contributed by atoms with Gasteiger partial charge in [-0.3, -0.25) is 4.79 Å². The van der Waals surface area contributed by atoms with Crippen LogP contribution in [0.5, 0.6) is 0 Å². The van der Waals surface area contributed by atoms with E-state index in [4.69, 9.17) is 5.11 Å². The molecule has 0 unspecified atom stereocenters. The highest BCUT2D eigenvalue weighted by Crippen LogP contribution is 1.97. The number of aliphatic carboxylic acids is 1. The van der Waals surface area contributed by atoms with Crippen LogP contribution in [0, 0.1) is 5.92 Å². The zero-order valence-corrected chi connectivity index (χ0v) is 5.86. The lowest BCUT2D eigenvalue weighted by Gasteiger charge is -1.96. The lowest BCUT2D eigenvalue weighted by molar-refractivity contribution is -0.141. The SMILES string of the molecule is CC[C@H](C)C(=O)O.Cl. The van der Waals surface area contributed by atoms with Gasteiger partial charge in [-0.2, -0.15) is 0 Å². The maximum Gasteiger partial charge on any atom is 0.306 e. The molecule has 0 aromatic heterocycles. The zero-order valence-electron chi connectivity index (χ0n) is 5.05. The minimum absolute atomic E-state index is 0. The van der Waals surface area contributed by atoms with Crippen molar-refractivity contribution in [1.29, 1.82) is 0 Å². The molecule has 3 heteroatoms. The average molecular weight is 139 g/mol. The van der Waals surface area contributed by atoms with Crippen molar-refractivity contribution < 1.29 is 9.90 Å². The van der Waals surface area contributed by atoms with Gasteiger partial charge < -0.3 is 5.11 Å². The van der Waals surface area contributed by atoms with Gasteiger partial charge in [-0.1, -0.05) is 13.8 Å². The Morgan fingerprint density at radius 3 is 2.12 bits per heavy atom. The fourth-order valence-corrected chi connectivity index (χ4v) is 0.175. The van der Waals surface area contributed by atoms with E-state index in [1.165, 1.54) is 0 Å².